The van der Waals surface area contributed by atoms with Gasteiger partial charge in [-0.2, -0.15) is 0 Å². The first-order valence-corrected chi connectivity index (χ1v) is 6.54. The summed E-state index contributed by atoms with van der Waals surface area (Å²) >= 11 is 5.96. The summed E-state index contributed by atoms with van der Waals surface area (Å²) in [7, 11) is 0. The maximum absolute atomic E-state index is 12.0. The van der Waals surface area contributed by atoms with Crippen LogP contribution in [0.15, 0.2) is 42.5 Å². The van der Waals surface area contributed by atoms with Crippen molar-refractivity contribution in [1.29, 1.82) is 0 Å². The van der Waals surface area contributed by atoms with Gasteiger partial charge >= 0.3 is 5.97 Å². The van der Waals surface area contributed by atoms with Crippen LogP contribution in [0.3, 0.4) is 0 Å². The fourth-order valence-corrected chi connectivity index (χ4v) is 2.26. The zero-order valence-electron chi connectivity index (χ0n) is 10.9. The van der Waals surface area contributed by atoms with E-state index in [2.05, 4.69) is 0 Å². The van der Waals surface area contributed by atoms with Crippen LogP contribution in [0.2, 0.25) is 5.02 Å². The molecule has 2 rings (SSSR count). The van der Waals surface area contributed by atoms with E-state index in [1.54, 1.807) is 13.0 Å². The number of hydrogen-bond acceptors (Lipinski definition) is 2. The molecule has 0 aliphatic carbocycles. The van der Waals surface area contributed by atoms with Gasteiger partial charge in [0.2, 0.25) is 0 Å². The van der Waals surface area contributed by atoms with Crippen LogP contribution in [0.5, 0.6) is 0 Å². The van der Waals surface area contributed by atoms with Crippen LogP contribution in [0.25, 0.3) is 11.1 Å². The minimum Gasteiger partial charge on any atom is -0.462 e. The molecule has 98 valence electrons. The lowest BCUT2D eigenvalue weighted by atomic mass is 9.96. The zero-order valence-corrected chi connectivity index (χ0v) is 11.7. The van der Waals surface area contributed by atoms with E-state index in [4.69, 9.17) is 16.3 Å². The van der Waals surface area contributed by atoms with Crippen LogP contribution in [0, 0.1) is 6.92 Å². The smallest absolute Gasteiger partial charge is 0.338 e. The van der Waals surface area contributed by atoms with Crippen molar-refractivity contribution in [2.24, 2.45) is 0 Å². The zero-order chi connectivity index (χ0) is 13.8. The molecule has 2 aromatic rings. The first kappa shape index (κ1) is 13.6. The van der Waals surface area contributed by atoms with Crippen molar-refractivity contribution >= 4 is 17.6 Å². The first-order valence-electron chi connectivity index (χ1n) is 6.16. The quantitative estimate of drug-likeness (QED) is 0.771. The molecule has 0 N–H and O–H groups in total. The summed E-state index contributed by atoms with van der Waals surface area (Å²) in [6.45, 7) is 4.14. The minimum atomic E-state index is -0.299. The summed E-state index contributed by atoms with van der Waals surface area (Å²) < 4.78 is 5.09. The third kappa shape index (κ3) is 2.96. The Kier molecular flexibility index (Phi) is 4.23. The number of esters is 1. The number of aryl methyl sites for hydroxylation is 1. The van der Waals surface area contributed by atoms with Crippen molar-refractivity contribution in [3.05, 3.63) is 58.6 Å². The third-order valence-electron chi connectivity index (χ3n) is 2.90. The predicted molar refractivity (Wildman–Crippen MR) is 77.6 cm³/mol. The summed E-state index contributed by atoms with van der Waals surface area (Å²) in [5.41, 5.74) is 3.47. The highest BCUT2D eigenvalue weighted by atomic mass is 35.5. The Morgan fingerprint density at radius 2 is 1.89 bits per heavy atom. The van der Waals surface area contributed by atoms with Gasteiger partial charge in [-0.25, -0.2) is 4.79 Å². The lowest BCUT2D eigenvalue weighted by Gasteiger charge is -2.11. The number of ether oxygens (including phenoxy) is 1. The molecule has 0 radical (unpaired) electrons. The molecule has 3 heteroatoms. The van der Waals surface area contributed by atoms with Crippen LogP contribution in [-0.4, -0.2) is 12.6 Å². The van der Waals surface area contributed by atoms with E-state index in [1.807, 2.05) is 43.3 Å². The molecular weight excluding hydrogens is 260 g/mol. The van der Waals surface area contributed by atoms with Crippen molar-refractivity contribution in [2.75, 3.05) is 6.61 Å². The van der Waals surface area contributed by atoms with E-state index < -0.39 is 0 Å². The molecule has 0 aliphatic heterocycles. The highest BCUT2D eigenvalue weighted by Gasteiger charge is 2.14. The van der Waals surface area contributed by atoms with Crippen LogP contribution in [-0.2, 0) is 4.74 Å². The van der Waals surface area contributed by atoms with E-state index >= 15 is 0 Å². The fraction of sp³-hybridized carbons (Fsp3) is 0.188. The predicted octanol–water partition coefficient (Wildman–Crippen LogP) is 4.49. The van der Waals surface area contributed by atoms with Crippen molar-refractivity contribution in [1.82, 2.24) is 0 Å². The molecule has 0 unspecified atom stereocenters. The molecule has 0 heterocycles. The molecule has 0 spiro atoms. The molecule has 0 atom stereocenters. The molecule has 0 aromatic heterocycles. The average molecular weight is 275 g/mol. The molecule has 0 amide bonds. The van der Waals surface area contributed by atoms with Crippen molar-refractivity contribution in [3.63, 3.8) is 0 Å². The summed E-state index contributed by atoms with van der Waals surface area (Å²) in [5, 5.41) is 0.690. The highest BCUT2D eigenvalue weighted by Crippen LogP contribution is 2.29. The standard InChI is InChI=1S/C16H15ClO2/c1-3-19-16(18)15-7-5-4-6-14(15)13-9-8-12(17)10-11(13)2/h4-10H,3H2,1-2H3. The van der Waals surface area contributed by atoms with Gasteiger partial charge in [-0.05, 0) is 48.7 Å². The number of hydrogen-bond donors (Lipinski definition) is 0. The van der Waals surface area contributed by atoms with E-state index in [0.29, 0.717) is 17.2 Å². The average Bonchev–Trinajstić information content (AvgIpc) is 2.39. The number of carbonyl (C=O) groups is 1. The number of halogens is 1. The molecule has 0 bridgehead atoms. The summed E-state index contributed by atoms with van der Waals surface area (Å²) in [6.07, 6.45) is 0. The second-order valence-corrected chi connectivity index (χ2v) is 4.66. The lowest BCUT2D eigenvalue weighted by molar-refractivity contribution is 0.0527. The van der Waals surface area contributed by atoms with Gasteiger partial charge in [0.05, 0.1) is 12.2 Å². The molecular formula is C16H15ClO2. The van der Waals surface area contributed by atoms with Crippen LogP contribution in [0.1, 0.15) is 22.8 Å². The lowest BCUT2D eigenvalue weighted by Crippen LogP contribution is -2.06. The third-order valence-corrected chi connectivity index (χ3v) is 3.14. The van der Waals surface area contributed by atoms with Gasteiger partial charge in [-0.15, -0.1) is 0 Å². The van der Waals surface area contributed by atoms with Crippen molar-refractivity contribution in [3.8, 4) is 11.1 Å². The van der Waals surface area contributed by atoms with Crippen LogP contribution < -0.4 is 0 Å². The van der Waals surface area contributed by atoms with E-state index in [0.717, 1.165) is 16.7 Å². The number of benzene rings is 2. The maximum atomic E-state index is 12.0. The summed E-state index contributed by atoms with van der Waals surface area (Å²) in [5.74, 6) is -0.299. The van der Waals surface area contributed by atoms with Gasteiger partial charge in [-0.1, -0.05) is 35.9 Å². The second kappa shape index (κ2) is 5.89. The highest BCUT2D eigenvalue weighted by molar-refractivity contribution is 6.30. The van der Waals surface area contributed by atoms with Crippen molar-refractivity contribution < 1.29 is 9.53 Å². The molecule has 19 heavy (non-hydrogen) atoms. The maximum Gasteiger partial charge on any atom is 0.338 e. The molecule has 0 aliphatic rings. The van der Waals surface area contributed by atoms with Gasteiger partial charge in [-0.3, -0.25) is 0 Å². The minimum absolute atomic E-state index is 0.299. The van der Waals surface area contributed by atoms with Crippen molar-refractivity contribution in [2.45, 2.75) is 13.8 Å². The first-order chi connectivity index (χ1) is 9.13. The Labute approximate surface area is 118 Å². The topological polar surface area (TPSA) is 26.3 Å². The number of rotatable bonds is 3. The molecule has 0 saturated heterocycles. The molecule has 2 nitrogen and oxygen atoms in total. The van der Waals surface area contributed by atoms with Crippen LogP contribution >= 0.6 is 11.6 Å². The Morgan fingerprint density at radius 1 is 1.16 bits per heavy atom. The van der Waals surface area contributed by atoms with Gasteiger partial charge in [0, 0.05) is 5.02 Å². The fourth-order valence-electron chi connectivity index (χ4n) is 2.03. The second-order valence-electron chi connectivity index (χ2n) is 4.23. The molecule has 0 fully saturated rings. The van der Waals surface area contributed by atoms with E-state index in [1.165, 1.54) is 0 Å². The van der Waals surface area contributed by atoms with E-state index in [9.17, 15) is 4.79 Å². The normalized spacial score (nSPS) is 10.3. The Morgan fingerprint density at radius 3 is 2.58 bits per heavy atom. The van der Waals surface area contributed by atoms with Gasteiger partial charge in [0.1, 0.15) is 0 Å². The Hall–Kier alpha value is -1.80. The molecule has 0 saturated carbocycles. The molecule has 2 aromatic carbocycles. The summed E-state index contributed by atoms with van der Waals surface area (Å²) in [4.78, 5) is 12.0. The van der Waals surface area contributed by atoms with Gasteiger partial charge < -0.3 is 4.74 Å². The van der Waals surface area contributed by atoms with Gasteiger partial charge in [0.25, 0.3) is 0 Å². The van der Waals surface area contributed by atoms with E-state index in [-0.39, 0.29) is 5.97 Å². The Balaban J connectivity index is 2.53. The SMILES string of the molecule is CCOC(=O)c1ccccc1-c1ccc(Cl)cc1C. The number of carbonyl (C=O) groups excluding carboxylic acids is 1. The largest absolute Gasteiger partial charge is 0.462 e. The summed E-state index contributed by atoms with van der Waals surface area (Å²) in [6, 6.07) is 13.1. The Bertz CT molecular complexity index is 605. The van der Waals surface area contributed by atoms with Crippen LogP contribution in [0.4, 0.5) is 0 Å². The monoisotopic (exact) mass is 274 g/mol. The van der Waals surface area contributed by atoms with Gasteiger partial charge in [0.15, 0.2) is 0 Å².